The summed E-state index contributed by atoms with van der Waals surface area (Å²) in [7, 11) is 0. The SMILES string of the molecule is Cc1ccccc1CSCC(=O)c1ccc(Cl)cc1. The molecule has 19 heavy (non-hydrogen) atoms. The molecule has 2 aromatic carbocycles. The average molecular weight is 291 g/mol. The van der Waals surface area contributed by atoms with Gasteiger partial charge in [-0.1, -0.05) is 35.9 Å². The number of hydrogen-bond donors (Lipinski definition) is 0. The summed E-state index contributed by atoms with van der Waals surface area (Å²) in [6.07, 6.45) is 0. The van der Waals surface area contributed by atoms with Gasteiger partial charge in [0.2, 0.25) is 0 Å². The molecule has 0 saturated carbocycles. The van der Waals surface area contributed by atoms with Crippen molar-refractivity contribution in [1.82, 2.24) is 0 Å². The zero-order chi connectivity index (χ0) is 13.7. The minimum atomic E-state index is 0.148. The minimum Gasteiger partial charge on any atom is -0.293 e. The van der Waals surface area contributed by atoms with Crippen LogP contribution in [0.4, 0.5) is 0 Å². The highest BCUT2D eigenvalue weighted by molar-refractivity contribution is 7.99. The van der Waals surface area contributed by atoms with Gasteiger partial charge < -0.3 is 0 Å². The molecule has 0 saturated heterocycles. The molecular formula is C16H15ClOS. The van der Waals surface area contributed by atoms with E-state index in [1.54, 1.807) is 36.0 Å². The number of aryl methyl sites for hydroxylation is 1. The van der Waals surface area contributed by atoms with Gasteiger partial charge in [0.15, 0.2) is 5.78 Å². The van der Waals surface area contributed by atoms with E-state index in [0.29, 0.717) is 10.8 Å². The Kier molecular flexibility index (Phi) is 5.06. The summed E-state index contributed by atoms with van der Waals surface area (Å²) in [5.41, 5.74) is 3.28. The van der Waals surface area contributed by atoms with Gasteiger partial charge in [0.05, 0.1) is 5.75 Å². The molecule has 0 amide bonds. The van der Waals surface area contributed by atoms with E-state index < -0.39 is 0 Å². The second-order valence-electron chi connectivity index (χ2n) is 4.35. The van der Waals surface area contributed by atoms with Gasteiger partial charge in [0, 0.05) is 16.3 Å². The van der Waals surface area contributed by atoms with Crippen LogP contribution in [0, 0.1) is 6.92 Å². The number of benzene rings is 2. The Morgan fingerprint density at radius 2 is 1.79 bits per heavy atom. The fraction of sp³-hybridized carbons (Fsp3) is 0.188. The molecule has 0 heterocycles. The predicted molar refractivity (Wildman–Crippen MR) is 83.1 cm³/mol. The van der Waals surface area contributed by atoms with Gasteiger partial charge in [-0.05, 0) is 42.3 Å². The fourth-order valence-electron chi connectivity index (χ4n) is 1.74. The highest BCUT2D eigenvalue weighted by Gasteiger charge is 2.06. The standard InChI is InChI=1S/C16H15ClOS/c1-12-4-2-3-5-14(12)10-19-11-16(18)13-6-8-15(17)9-7-13/h2-9H,10-11H2,1H3. The maximum Gasteiger partial charge on any atom is 0.172 e. The second-order valence-corrected chi connectivity index (χ2v) is 5.77. The largest absolute Gasteiger partial charge is 0.293 e. The van der Waals surface area contributed by atoms with Gasteiger partial charge in [-0.25, -0.2) is 0 Å². The van der Waals surface area contributed by atoms with Crippen molar-refractivity contribution in [2.24, 2.45) is 0 Å². The van der Waals surface area contributed by atoms with Crippen molar-refractivity contribution in [2.75, 3.05) is 5.75 Å². The first-order valence-electron chi connectivity index (χ1n) is 6.08. The van der Waals surface area contributed by atoms with Crippen molar-refractivity contribution in [3.63, 3.8) is 0 Å². The summed E-state index contributed by atoms with van der Waals surface area (Å²) in [5.74, 6) is 1.51. The fourth-order valence-corrected chi connectivity index (χ4v) is 2.87. The van der Waals surface area contributed by atoms with Gasteiger partial charge in [-0.15, -0.1) is 11.8 Å². The number of ketones is 1. The molecule has 2 rings (SSSR count). The molecule has 0 aliphatic rings. The van der Waals surface area contributed by atoms with Gasteiger partial charge in [0.1, 0.15) is 0 Å². The van der Waals surface area contributed by atoms with E-state index in [1.807, 2.05) is 12.1 Å². The van der Waals surface area contributed by atoms with Crippen LogP contribution >= 0.6 is 23.4 Å². The Morgan fingerprint density at radius 3 is 2.47 bits per heavy atom. The van der Waals surface area contributed by atoms with Crippen molar-refractivity contribution in [1.29, 1.82) is 0 Å². The van der Waals surface area contributed by atoms with E-state index in [-0.39, 0.29) is 5.78 Å². The van der Waals surface area contributed by atoms with Crippen molar-refractivity contribution in [3.8, 4) is 0 Å². The van der Waals surface area contributed by atoms with Gasteiger partial charge >= 0.3 is 0 Å². The van der Waals surface area contributed by atoms with E-state index >= 15 is 0 Å². The van der Waals surface area contributed by atoms with Crippen LogP contribution in [0.25, 0.3) is 0 Å². The number of thioether (sulfide) groups is 1. The van der Waals surface area contributed by atoms with Crippen LogP contribution in [0.1, 0.15) is 21.5 Å². The molecule has 3 heteroatoms. The van der Waals surface area contributed by atoms with Crippen molar-refractivity contribution in [3.05, 3.63) is 70.2 Å². The molecular weight excluding hydrogens is 276 g/mol. The highest BCUT2D eigenvalue weighted by Crippen LogP contribution is 2.18. The molecule has 0 aromatic heterocycles. The smallest absolute Gasteiger partial charge is 0.172 e. The quantitative estimate of drug-likeness (QED) is 0.738. The molecule has 0 aliphatic heterocycles. The third-order valence-corrected chi connectivity index (χ3v) is 4.15. The van der Waals surface area contributed by atoms with Crippen LogP contribution in [0.3, 0.4) is 0 Å². The molecule has 0 unspecified atom stereocenters. The number of carbonyl (C=O) groups is 1. The van der Waals surface area contributed by atoms with Gasteiger partial charge in [-0.2, -0.15) is 0 Å². The number of rotatable bonds is 5. The molecule has 0 atom stereocenters. The second kappa shape index (κ2) is 6.78. The zero-order valence-electron chi connectivity index (χ0n) is 10.7. The van der Waals surface area contributed by atoms with Crippen molar-refractivity contribution < 1.29 is 4.79 Å². The van der Waals surface area contributed by atoms with Crippen molar-refractivity contribution in [2.45, 2.75) is 12.7 Å². The lowest BCUT2D eigenvalue weighted by Crippen LogP contribution is -2.02. The molecule has 0 spiro atoms. The Balaban J connectivity index is 1.88. The first-order valence-corrected chi connectivity index (χ1v) is 7.61. The van der Waals surface area contributed by atoms with Gasteiger partial charge in [0.25, 0.3) is 0 Å². The summed E-state index contributed by atoms with van der Waals surface area (Å²) < 4.78 is 0. The van der Waals surface area contributed by atoms with Crippen molar-refractivity contribution >= 4 is 29.1 Å². The number of carbonyl (C=O) groups excluding carboxylic acids is 1. The highest BCUT2D eigenvalue weighted by atomic mass is 35.5. The lowest BCUT2D eigenvalue weighted by atomic mass is 10.1. The Morgan fingerprint density at radius 1 is 1.11 bits per heavy atom. The van der Waals surface area contributed by atoms with Crippen LogP contribution in [0.5, 0.6) is 0 Å². The average Bonchev–Trinajstić information content (AvgIpc) is 2.41. The summed E-state index contributed by atoms with van der Waals surface area (Å²) in [4.78, 5) is 12.0. The first-order chi connectivity index (χ1) is 9.16. The Labute approximate surface area is 123 Å². The van der Waals surface area contributed by atoms with Crippen LogP contribution in [-0.4, -0.2) is 11.5 Å². The first kappa shape index (κ1) is 14.2. The van der Waals surface area contributed by atoms with E-state index in [4.69, 9.17) is 11.6 Å². The molecule has 0 aliphatic carbocycles. The van der Waals surface area contributed by atoms with Crippen LogP contribution in [0.2, 0.25) is 5.02 Å². The normalized spacial score (nSPS) is 10.4. The third kappa shape index (κ3) is 4.12. The summed E-state index contributed by atoms with van der Waals surface area (Å²) in [6.45, 7) is 2.09. The molecule has 0 radical (unpaired) electrons. The van der Waals surface area contributed by atoms with E-state index in [2.05, 4.69) is 19.1 Å². The molecule has 0 N–H and O–H groups in total. The minimum absolute atomic E-state index is 0.148. The van der Waals surface area contributed by atoms with E-state index in [9.17, 15) is 4.79 Å². The lowest BCUT2D eigenvalue weighted by molar-refractivity contribution is 0.102. The third-order valence-electron chi connectivity index (χ3n) is 2.92. The Bertz CT molecular complexity index is 563. The number of halogens is 1. The molecule has 98 valence electrons. The number of hydrogen-bond acceptors (Lipinski definition) is 2. The maximum atomic E-state index is 12.0. The zero-order valence-corrected chi connectivity index (χ0v) is 12.3. The summed E-state index contributed by atoms with van der Waals surface area (Å²) in [6, 6.07) is 15.3. The monoisotopic (exact) mass is 290 g/mol. The molecule has 0 bridgehead atoms. The molecule has 2 aromatic rings. The topological polar surface area (TPSA) is 17.1 Å². The van der Waals surface area contributed by atoms with E-state index in [1.165, 1.54) is 11.1 Å². The maximum absolute atomic E-state index is 12.0. The Hall–Kier alpha value is -1.25. The summed E-state index contributed by atoms with van der Waals surface area (Å²) in [5, 5.41) is 0.657. The molecule has 0 fully saturated rings. The van der Waals surface area contributed by atoms with Crippen LogP contribution < -0.4 is 0 Å². The van der Waals surface area contributed by atoms with Crippen LogP contribution in [-0.2, 0) is 5.75 Å². The molecule has 1 nitrogen and oxygen atoms in total. The number of Topliss-reactive ketones (excluding diaryl/α,β-unsaturated/α-hetero) is 1. The lowest BCUT2D eigenvalue weighted by Gasteiger charge is -2.05. The van der Waals surface area contributed by atoms with E-state index in [0.717, 1.165) is 11.3 Å². The summed E-state index contributed by atoms with van der Waals surface area (Å²) >= 11 is 7.45. The van der Waals surface area contributed by atoms with Crippen LogP contribution in [0.15, 0.2) is 48.5 Å². The van der Waals surface area contributed by atoms with Gasteiger partial charge in [-0.3, -0.25) is 4.79 Å². The predicted octanol–water partition coefficient (Wildman–Crippen LogP) is 4.76.